The lowest BCUT2D eigenvalue weighted by atomic mass is 9.95. The number of hydrogen-bond donors (Lipinski definition) is 1. The average Bonchev–Trinajstić information content (AvgIpc) is 2.76. The molecule has 0 aromatic carbocycles. The Morgan fingerprint density at radius 2 is 1.94 bits per heavy atom. The minimum atomic E-state index is -0.526. The summed E-state index contributed by atoms with van der Waals surface area (Å²) in [6.07, 6.45) is 7.95. The molecule has 0 spiro atoms. The van der Waals surface area contributed by atoms with Gasteiger partial charge in [0.25, 0.3) is 0 Å². The Kier molecular flexibility index (Phi) is 4.69. The molecule has 2 rings (SSSR count). The van der Waals surface area contributed by atoms with E-state index in [0.717, 1.165) is 25.7 Å². The minimum Gasteiger partial charge on any atom is -0.373 e. The van der Waals surface area contributed by atoms with Gasteiger partial charge in [-0.15, -0.1) is 11.6 Å². The van der Waals surface area contributed by atoms with Crippen molar-refractivity contribution >= 4 is 17.5 Å². The Labute approximate surface area is 108 Å². The molecule has 98 valence electrons. The zero-order valence-corrected chi connectivity index (χ0v) is 11.2. The van der Waals surface area contributed by atoms with Gasteiger partial charge in [0.2, 0.25) is 5.91 Å². The molecular weight excluding hydrogens is 238 g/mol. The molecule has 1 amide bonds. The van der Waals surface area contributed by atoms with Crippen molar-refractivity contribution in [3.05, 3.63) is 0 Å². The Morgan fingerprint density at radius 3 is 2.53 bits per heavy atom. The lowest BCUT2D eigenvalue weighted by Crippen LogP contribution is -2.44. The fraction of sp³-hybridized carbons (Fsp3) is 0.923. The number of rotatable bonds is 3. The molecule has 2 aliphatic rings. The molecule has 0 aromatic rings. The first kappa shape index (κ1) is 13.2. The maximum atomic E-state index is 12.0. The van der Waals surface area contributed by atoms with Gasteiger partial charge in [-0.1, -0.05) is 19.3 Å². The molecule has 1 saturated carbocycles. The lowest BCUT2D eigenvalue weighted by molar-refractivity contribution is -0.124. The third kappa shape index (κ3) is 3.59. The summed E-state index contributed by atoms with van der Waals surface area (Å²) in [5.74, 6) is -0.0438. The second-order valence-electron chi connectivity index (χ2n) is 5.31. The molecule has 2 fully saturated rings. The zero-order chi connectivity index (χ0) is 12.3. The van der Waals surface area contributed by atoms with Crippen LogP contribution in [0.25, 0.3) is 0 Å². The third-order valence-electron chi connectivity index (χ3n) is 3.79. The normalized spacial score (nSPS) is 32.4. The van der Waals surface area contributed by atoms with Crippen molar-refractivity contribution in [1.82, 2.24) is 5.32 Å². The number of halogens is 1. The van der Waals surface area contributed by atoms with Crippen molar-refractivity contribution in [1.29, 1.82) is 0 Å². The van der Waals surface area contributed by atoms with Gasteiger partial charge < -0.3 is 10.1 Å². The van der Waals surface area contributed by atoms with E-state index >= 15 is 0 Å². The van der Waals surface area contributed by atoms with Gasteiger partial charge in [0.05, 0.1) is 12.2 Å². The predicted molar refractivity (Wildman–Crippen MR) is 68.2 cm³/mol. The summed E-state index contributed by atoms with van der Waals surface area (Å²) < 4.78 is 5.64. The Bertz CT molecular complexity index is 266. The Morgan fingerprint density at radius 1 is 1.24 bits per heavy atom. The minimum absolute atomic E-state index is 0.0438. The van der Waals surface area contributed by atoms with Crippen LogP contribution >= 0.6 is 11.6 Å². The highest BCUT2D eigenvalue weighted by atomic mass is 35.5. The number of amides is 1. The van der Waals surface area contributed by atoms with Crippen LogP contribution in [-0.4, -0.2) is 29.5 Å². The second-order valence-corrected chi connectivity index (χ2v) is 5.78. The number of carbonyl (C=O) groups excluding carboxylic acids is 1. The second kappa shape index (κ2) is 6.05. The summed E-state index contributed by atoms with van der Waals surface area (Å²) in [6, 6.07) is 0.330. The molecule has 0 aromatic heterocycles. The predicted octanol–water partition coefficient (Wildman–Crippen LogP) is 2.61. The van der Waals surface area contributed by atoms with Crippen LogP contribution < -0.4 is 5.32 Å². The SMILES string of the molecule is CC1CCC(C(Cl)C(=O)NC2CCCCC2)O1. The van der Waals surface area contributed by atoms with Crippen molar-refractivity contribution in [3.63, 3.8) is 0 Å². The standard InChI is InChI=1S/C13H22ClNO2/c1-9-7-8-11(17-9)12(14)13(16)15-10-5-3-2-4-6-10/h9-12H,2-8H2,1H3,(H,15,16). The van der Waals surface area contributed by atoms with Crippen molar-refractivity contribution < 1.29 is 9.53 Å². The average molecular weight is 260 g/mol. The molecule has 3 nitrogen and oxygen atoms in total. The number of ether oxygens (including phenoxy) is 1. The van der Waals surface area contributed by atoms with E-state index in [9.17, 15) is 4.79 Å². The van der Waals surface area contributed by atoms with Crippen LogP contribution in [0, 0.1) is 0 Å². The van der Waals surface area contributed by atoms with E-state index in [1.54, 1.807) is 0 Å². The van der Waals surface area contributed by atoms with E-state index in [0.29, 0.717) is 6.04 Å². The molecule has 3 unspecified atom stereocenters. The van der Waals surface area contributed by atoms with E-state index in [1.165, 1.54) is 19.3 Å². The van der Waals surface area contributed by atoms with Gasteiger partial charge in [-0.05, 0) is 32.6 Å². The zero-order valence-electron chi connectivity index (χ0n) is 10.5. The summed E-state index contributed by atoms with van der Waals surface area (Å²) in [6.45, 7) is 2.03. The van der Waals surface area contributed by atoms with E-state index in [-0.39, 0.29) is 18.1 Å². The summed E-state index contributed by atoms with van der Waals surface area (Å²) in [5, 5.41) is 2.53. The van der Waals surface area contributed by atoms with Crippen molar-refractivity contribution in [2.24, 2.45) is 0 Å². The Hall–Kier alpha value is -0.280. The fourth-order valence-corrected chi connectivity index (χ4v) is 2.99. The maximum Gasteiger partial charge on any atom is 0.240 e. The van der Waals surface area contributed by atoms with Crippen molar-refractivity contribution in [2.45, 2.75) is 75.5 Å². The Balaban J connectivity index is 1.78. The van der Waals surface area contributed by atoms with Gasteiger partial charge in [-0.2, -0.15) is 0 Å². The van der Waals surface area contributed by atoms with E-state index in [2.05, 4.69) is 5.32 Å². The molecule has 0 bridgehead atoms. The van der Waals surface area contributed by atoms with Crippen LogP contribution in [0.15, 0.2) is 0 Å². The monoisotopic (exact) mass is 259 g/mol. The maximum absolute atomic E-state index is 12.0. The van der Waals surface area contributed by atoms with Crippen LogP contribution in [-0.2, 0) is 9.53 Å². The van der Waals surface area contributed by atoms with Crippen molar-refractivity contribution in [3.8, 4) is 0 Å². The summed E-state index contributed by atoms with van der Waals surface area (Å²) in [5.41, 5.74) is 0. The van der Waals surface area contributed by atoms with Gasteiger partial charge in [0, 0.05) is 6.04 Å². The molecule has 1 aliphatic carbocycles. The first-order chi connectivity index (χ1) is 8.16. The third-order valence-corrected chi connectivity index (χ3v) is 4.27. The molecule has 0 radical (unpaired) electrons. The molecule has 3 atom stereocenters. The number of nitrogens with one attached hydrogen (secondary N) is 1. The van der Waals surface area contributed by atoms with Crippen LogP contribution in [0.5, 0.6) is 0 Å². The molecule has 1 aliphatic heterocycles. The van der Waals surface area contributed by atoms with Gasteiger partial charge >= 0.3 is 0 Å². The molecular formula is C13H22ClNO2. The van der Waals surface area contributed by atoms with Crippen molar-refractivity contribution in [2.75, 3.05) is 0 Å². The smallest absolute Gasteiger partial charge is 0.240 e. The van der Waals surface area contributed by atoms with Crippen LogP contribution in [0.1, 0.15) is 51.9 Å². The van der Waals surface area contributed by atoms with Gasteiger partial charge in [0.15, 0.2) is 0 Å². The summed E-state index contributed by atoms with van der Waals surface area (Å²) in [4.78, 5) is 12.0. The van der Waals surface area contributed by atoms with Crippen LogP contribution in [0.3, 0.4) is 0 Å². The first-order valence-corrected chi connectivity index (χ1v) is 7.20. The van der Waals surface area contributed by atoms with Gasteiger partial charge in [-0.25, -0.2) is 0 Å². The molecule has 1 N–H and O–H groups in total. The number of carbonyl (C=O) groups is 1. The van der Waals surface area contributed by atoms with E-state index in [4.69, 9.17) is 16.3 Å². The van der Waals surface area contributed by atoms with E-state index in [1.807, 2.05) is 6.92 Å². The highest BCUT2D eigenvalue weighted by Gasteiger charge is 2.33. The first-order valence-electron chi connectivity index (χ1n) is 6.76. The summed E-state index contributed by atoms with van der Waals surface area (Å²) >= 11 is 6.19. The largest absolute Gasteiger partial charge is 0.373 e. The van der Waals surface area contributed by atoms with E-state index < -0.39 is 5.38 Å². The van der Waals surface area contributed by atoms with Crippen LogP contribution in [0.4, 0.5) is 0 Å². The highest BCUT2D eigenvalue weighted by Crippen LogP contribution is 2.25. The highest BCUT2D eigenvalue weighted by molar-refractivity contribution is 6.31. The quantitative estimate of drug-likeness (QED) is 0.792. The molecule has 17 heavy (non-hydrogen) atoms. The number of alkyl halides is 1. The number of hydrogen-bond acceptors (Lipinski definition) is 2. The molecule has 1 heterocycles. The topological polar surface area (TPSA) is 38.3 Å². The lowest BCUT2D eigenvalue weighted by Gasteiger charge is -2.25. The molecule has 4 heteroatoms. The van der Waals surface area contributed by atoms with Gasteiger partial charge in [0.1, 0.15) is 5.38 Å². The van der Waals surface area contributed by atoms with Gasteiger partial charge in [-0.3, -0.25) is 4.79 Å². The summed E-state index contributed by atoms with van der Waals surface area (Å²) in [7, 11) is 0. The van der Waals surface area contributed by atoms with Crippen LogP contribution in [0.2, 0.25) is 0 Å². The fourth-order valence-electron chi connectivity index (χ4n) is 2.75. The molecule has 1 saturated heterocycles.